The summed E-state index contributed by atoms with van der Waals surface area (Å²) in [4.78, 5) is 23.1. The molecule has 1 atom stereocenters. The summed E-state index contributed by atoms with van der Waals surface area (Å²) in [6, 6.07) is 10.9. The van der Waals surface area contributed by atoms with Gasteiger partial charge in [0.15, 0.2) is 5.76 Å². The molecule has 0 fully saturated rings. The molecule has 20 heavy (non-hydrogen) atoms. The van der Waals surface area contributed by atoms with Crippen molar-refractivity contribution < 1.29 is 14.0 Å². The molecule has 2 aromatic rings. The maximum Gasteiger partial charge on any atom is 0.286 e. The van der Waals surface area contributed by atoms with Crippen LogP contribution in [0.4, 0.5) is 0 Å². The van der Waals surface area contributed by atoms with Crippen LogP contribution < -0.4 is 11.1 Å². The standard InChI is InChI=1S/C15H16N2O3/c1-9(10-6-4-3-5-7-10)13-11(14(16)18)8-12(20-13)15(19)17-2/h3-9H,1-2H3,(H2,16,18)(H,17,19)/t9-/m1/s1. The Balaban J connectivity index is 2.47. The summed E-state index contributed by atoms with van der Waals surface area (Å²) in [5, 5.41) is 2.45. The van der Waals surface area contributed by atoms with Gasteiger partial charge in [-0.1, -0.05) is 37.3 Å². The molecule has 0 aliphatic carbocycles. The van der Waals surface area contributed by atoms with Gasteiger partial charge in [-0.2, -0.15) is 0 Å². The molecule has 0 spiro atoms. The maximum absolute atomic E-state index is 11.6. The zero-order valence-electron chi connectivity index (χ0n) is 11.3. The van der Waals surface area contributed by atoms with Crippen molar-refractivity contribution in [2.75, 3.05) is 7.05 Å². The summed E-state index contributed by atoms with van der Waals surface area (Å²) < 4.78 is 5.53. The Bertz CT molecular complexity index is 632. The maximum atomic E-state index is 11.6. The van der Waals surface area contributed by atoms with Crippen LogP contribution in [0.3, 0.4) is 0 Å². The molecule has 0 aliphatic heterocycles. The van der Waals surface area contributed by atoms with Gasteiger partial charge in [0.25, 0.3) is 11.8 Å². The van der Waals surface area contributed by atoms with Gasteiger partial charge in [0.05, 0.1) is 5.56 Å². The minimum Gasteiger partial charge on any atom is -0.454 e. The van der Waals surface area contributed by atoms with Crippen molar-refractivity contribution >= 4 is 11.8 Å². The average molecular weight is 272 g/mol. The number of primary amides is 1. The molecule has 5 heteroatoms. The van der Waals surface area contributed by atoms with E-state index in [4.69, 9.17) is 10.2 Å². The summed E-state index contributed by atoms with van der Waals surface area (Å²) in [6.07, 6.45) is 0. The van der Waals surface area contributed by atoms with Gasteiger partial charge < -0.3 is 15.5 Å². The van der Waals surface area contributed by atoms with E-state index >= 15 is 0 Å². The van der Waals surface area contributed by atoms with Gasteiger partial charge >= 0.3 is 0 Å². The molecule has 1 aromatic heterocycles. The van der Waals surface area contributed by atoms with Gasteiger partial charge in [0, 0.05) is 19.0 Å². The number of rotatable bonds is 4. The molecular weight excluding hydrogens is 256 g/mol. The first-order valence-electron chi connectivity index (χ1n) is 6.25. The lowest BCUT2D eigenvalue weighted by molar-refractivity contribution is 0.0932. The Kier molecular flexibility index (Phi) is 3.89. The Morgan fingerprint density at radius 3 is 2.45 bits per heavy atom. The molecule has 1 heterocycles. The van der Waals surface area contributed by atoms with Crippen LogP contribution in [0.1, 0.15) is 45.1 Å². The van der Waals surface area contributed by atoms with E-state index in [1.54, 1.807) is 0 Å². The fourth-order valence-electron chi connectivity index (χ4n) is 2.05. The molecule has 0 saturated carbocycles. The molecular formula is C15H16N2O3. The van der Waals surface area contributed by atoms with E-state index in [9.17, 15) is 9.59 Å². The van der Waals surface area contributed by atoms with Crippen LogP contribution >= 0.6 is 0 Å². The highest BCUT2D eigenvalue weighted by molar-refractivity contribution is 5.98. The third-order valence-electron chi connectivity index (χ3n) is 3.17. The number of furan rings is 1. The van der Waals surface area contributed by atoms with E-state index in [2.05, 4.69) is 5.32 Å². The molecule has 0 aliphatic rings. The van der Waals surface area contributed by atoms with E-state index in [1.807, 2.05) is 37.3 Å². The summed E-state index contributed by atoms with van der Waals surface area (Å²) in [5.74, 6) is -0.681. The molecule has 2 rings (SSSR count). The number of benzene rings is 1. The van der Waals surface area contributed by atoms with Crippen LogP contribution in [0.5, 0.6) is 0 Å². The van der Waals surface area contributed by atoms with Gasteiger partial charge in [-0.25, -0.2) is 0 Å². The second-order valence-corrected chi connectivity index (χ2v) is 4.46. The van der Waals surface area contributed by atoms with Crippen LogP contribution in [0.2, 0.25) is 0 Å². The Morgan fingerprint density at radius 2 is 1.90 bits per heavy atom. The molecule has 5 nitrogen and oxygen atoms in total. The smallest absolute Gasteiger partial charge is 0.286 e. The fourth-order valence-corrected chi connectivity index (χ4v) is 2.05. The van der Waals surface area contributed by atoms with E-state index in [1.165, 1.54) is 13.1 Å². The summed E-state index contributed by atoms with van der Waals surface area (Å²) in [6.45, 7) is 1.90. The van der Waals surface area contributed by atoms with Crippen LogP contribution in [0, 0.1) is 0 Å². The highest BCUT2D eigenvalue weighted by Gasteiger charge is 2.24. The second-order valence-electron chi connectivity index (χ2n) is 4.46. The minimum atomic E-state index is -0.610. The summed E-state index contributed by atoms with van der Waals surface area (Å²) in [7, 11) is 1.50. The van der Waals surface area contributed by atoms with Crippen molar-refractivity contribution in [3.8, 4) is 0 Å². The third-order valence-corrected chi connectivity index (χ3v) is 3.17. The predicted molar refractivity (Wildman–Crippen MR) is 74.6 cm³/mol. The largest absolute Gasteiger partial charge is 0.454 e. The number of nitrogens with two attached hydrogens (primary N) is 1. The monoisotopic (exact) mass is 272 g/mol. The molecule has 3 N–H and O–H groups in total. The third kappa shape index (κ3) is 2.56. The number of nitrogens with one attached hydrogen (secondary N) is 1. The first kappa shape index (κ1) is 13.9. The van der Waals surface area contributed by atoms with Crippen molar-refractivity contribution in [3.63, 3.8) is 0 Å². The number of amides is 2. The van der Waals surface area contributed by atoms with Gasteiger partial charge in [0.2, 0.25) is 0 Å². The second kappa shape index (κ2) is 5.61. The van der Waals surface area contributed by atoms with E-state index in [0.29, 0.717) is 5.76 Å². The quantitative estimate of drug-likeness (QED) is 0.891. The van der Waals surface area contributed by atoms with Crippen LogP contribution in [-0.2, 0) is 0 Å². The zero-order chi connectivity index (χ0) is 14.7. The summed E-state index contributed by atoms with van der Waals surface area (Å²) in [5.41, 5.74) is 6.57. The highest BCUT2D eigenvalue weighted by atomic mass is 16.4. The van der Waals surface area contributed by atoms with Crippen molar-refractivity contribution in [2.24, 2.45) is 5.73 Å². The first-order valence-corrected chi connectivity index (χ1v) is 6.25. The SMILES string of the molecule is CNC(=O)c1cc(C(N)=O)c([C@H](C)c2ccccc2)o1. The number of carbonyl (C=O) groups is 2. The molecule has 1 aromatic carbocycles. The highest BCUT2D eigenvalue weighted by Crippen LogP contribution is 2.29. The Labute approximate surface area is 116 Å². The van der Waals surface area contributed by atoms with Gasteiger partial charge in [0.1, 0.15) is 5.76 Å². The first-order chi connectivity index (χ1) is 9.54. The van der Waals surface area contributed by atoms with Gasteiger partial charge in [-0.15, -0.1) is 0 Å². The predicted octanol–water partition coefficient (Wildman–Crippen LogP) is 1.89. The number of hydrogen-bond acceptors (Lipinski definition) is 3. The molecule has 0 bridgehead atoms. The van der Waals surface area contributed by atoms with E-state index in [-0.39, 0.29) is 23.1 Å². The van der Waals surface area contributed by atoms with Crippen molar-refractivity contribution in [2.45, 2.75) is 12.8 Å². The Hall–Kier alpha value is -2.56. The van der Waals surface area contributed by atoms with Crippen LogP contribution in [0.15, 0.2) is 40.8 Å². The van der Waals surface area contributed by atoms with E-state index < -0.39 is 5.91 Å². The molecule has 0 saturated heterocycles. The lowest BCUT2D eigenvalue weighted by Gasteiger charge is -2.10. The molecule has 0 radical (unpaired) electrons. The lowest BCUT2D eigenvalue weighted by atomic mass is 9.96. The van der Waals surface area contributed by atoms with Crippen LogP contribution in [0.25, 0.3) is 0 Å². The topological polar surface area (TPSA) is 85.3 Å². The normalized spacial score (nSPS) is 11.9. The van der Waals surface area contributed by atoms with E-state index in [0.717, 1.165) is 5.56 Å². The fraction of sp³-hybridized carbons (Fsp3) is 0.200. The average Bonchev–Trinajstić information content (AvgIpc) is 2.92. The van der Waals surface area contributed by atoms with Crippen molar-refractivity contribution in [3.05, 3.63) is 59.0 Å². The number of carbonyl (C=O) groups excluding carboxylic acids is 2. The van der Waals surface area contributed by atoms with Gasteiger partial charge in [-0.3, -0.25) is 9.59 Å². The lowest BCUT2D eigenvalue weighted by Crippen LogP contribution is -2.17. The zero-order valence-corrected chi connectivity index (χ0v) is 11.3. The van der Waals surface area contributed by atoms with Gasteiger partial charge in [-0.05, 0) is 5.56 Å². The molecule has 2 amide bonds. The molecule has 104 valence electrons. The number of hydrogen-bond donors (Lipinski definition) is 2. The Morgan fingerprint density at radius 1 is 1.25 bits per heavy atom. The van der Waals surface area contributed by atoms with Crippen molar-refractivity contribution in [1.82, 2.24) is 5.32 Å². The minimum absolute atomic E-state index is 0.0825. The van der Waals surface area contributed by atoms with Crippen molar-refractivity contribution in [1.29, 1.82) is 0 Å². The summed E-state index contributed by atoms with van der Waals surface area (Å²) >= 11 is 0. The molecule has 0 unspecified atom stereocenters. The van der Waals surface area contributed by atoms with Crippen LogP contribution in [-0.4, -0.2) is 18.9 Å².